The third-order valence-corrected chi connectivity index (χ3v) is 9.19. The second-order valence-electron chi connectivity index (χ2n) is 10.2. The lowest BCUT2D eigenvalue weighted by molar-refractivity contribution is -0.132. The summed E-state index contributed by atoms with van der Waals surface area (Å²) in [6, 6.07) is 21.7. The first-order valence-corrected chi connectivity index (χ1v) is 15.6. The molecule has 10 heteroatoms. The van der Waals surface area contributed by atoms with Crippen molar-refractivity contribution in [2.45, 2.75) is 48.9 Å². The Morgan fingerprint density at radius 2 is 1.93 bits per heavy atom. The summed E-state index contributed by atoms with van der Waals surface area (Å²) in [5, 5.41) is 20.5. The first-order valence-electron chi connectivity index (χ1n) is 13.8. The molecular weight excluding hydrogens is 571 g/mol. The van der Waals surface area contributed by atoms with Crippen LogP contribution in [0.15, 0.2) is 82.7 Å². The molecule has 1 amide bonds. The van der Waals surface area contributed by atoms with Gasteiger partial charge >= 0.3 is 5.91 Å². The van der Waals surface area contributed by atoms with Gasteiger partial charge in [-0.05, 0) is 60.4 Å². The van der Waals surface area contributed by atoms with Gasteiger partial charge in [0, 0.05) is 17.7 Å². The van der Waals surface area contributed by atoms with Crippen LogP contribution >= 0.6 is 23.1 Å². The molecule has 1 saturated heterocycles. The van der Waals surface area contributed by atoms with Gasteiger partial charge in [-0.2, -0.15) is 0 Å². The van der Waals surface area contributed by atoms with Crippen LogP contribution in [0.3, 0.4) is 0 Å². The van der Waals surface area contributed by atoms with Crippen LogP contribution < -0.4 is 14.4 Å². The van der Waals surface area contributed by atoms with Crippen molar-refractivity contribution in [1.82, 2.24) is 10.2 Å². The van der Waals surface area contributed by atoms with Crippen molar-refractivity contribution in [1.29, 1.82) is 0 Å². The summed E-state index contributed by atoms with van der Waals surface area (Å²) >= 11 is 2.75. The third-order valence-electron chi connectivity index (χ3n) is 7.07. The smallest absolute Gasteiger partial charge is 0.301 e. The number of Topliss-reactive ketones (excluding diaryl/α,β-unsaturated/α-hetero) is 1. The number of nitrogens with zero attached hydrogens (tertiary/aromatic N) is 3. The highest BCUT2D eigenvalue weighted by atomic mass is 32.2. The molecule has 0 bridgehead atoms. The fourth-order valence-electron chi connectivity index (χ4n) is 5.14. The average molecular weight is 600 g/mol. The molecule has 0 aliphatic carbocycles. The molecule has 2 aliphatic heterocycles. The summed E-state index contributed by atoms with van der Waals surface area (Å²) in [5.41, 5.74) is 3.14. The Balaban J connectivity index is 1.40. The number of anilines is 1. The molecule has 0 radical (unpaired) electrons. The van der Waals surface area contributed by atoms with E-state index < -0.39 is 17.7 Å². The molecule has 1 N–H and O–H groups in total. The lowest BCUT2D eigenvalue weighted by Crippen LogP contribution is -2.29. The Hall–Kier alpha value is -4.15. The summed E-state index contributed by atoms with van der Waals surface area (Å²) in [5.74, 6) is 0.263. The normalized spacial score (nSPS) is 19.1. The lowest BCUT2D eigenvalue weighted by atomic mass is 9.94. The highest BCUT2D eigenvalue weighted by Crippen LogP contribution is 2.45. The van der Waals surface area contributed by atoms with E-state index in [1.807, 2.05) is 68.4 Å². The number of ether oxygens (including phenoxy) is 2. The van der Waals surface area contributed by atoms with Crippen molar-refractivity contribution in [2.75, 3.05) is 11.5 Å². The number of ketones is 1. The van der Waals surface area contributed by atoms with E-state index in [0.717, 1.165) is 23.3 Å². The van der Waals surface area contributed by atoms with Crippen LogP contribution in [0.2, 0.25) is 0 Å². The topological polar surface area (TPSA) is 102 Å². The van der Waals surface area contributed by atoms with Crippen LogP contribution in [0.4, 0.5) is 5.13 Å². The molecule has 2 aliphatic rings. The van der Waals surface area contributed by atoms with Gasteiger partial charge in [0.25, 0.3) is 5.78 Å². The van der Waals surface area contributed by atoms with Crippen molar-refractivity contribution in [3.05, 3.63) is 101 Å². The first kappa shape index (κ1) is 28.0. The highest BCUT2D eigenvalue weighted by molar-refractivity contribution is 8.00. The Morgan fingerprint density at radius 3 is 2.74 bits per heavy atom. The minimum absolute atomic E-state index is 0.00626. The number of amides is 1. The lowest BCUT2D eigenvalue weighted by Gasteiger charge is -2.23. The Morgan fingerprint density at radius 1 is 1.10 bits per heavy atom. The molecule has 214 valence electrons. The molecule has 1 fully saturated rings. The Kier molecular flexibility index (Phi) is 7.99. The zero-order valence-corrected chi connectivity index (χ0v) is 24.8. The van der Waals surface area contributed by atoms with Crippen LogP contribution in [0.25, 0.3) is 5.76 Å². The molecule has 42 heavy (non-hydrogen) atoms. The molecule has 4 aromatic rings. The van der Waals surface area contributed by atoms with Gasteiger partial charge in [0.05, 0.1) is 18.2 Å². The van der Waals surface area contributed by atoms with Crippen molar-refractivity contribution >= 4 is 45.7 Å². The summed E-state index contributed by atoms with van der Waals surface area (Å²) in [6.07, 6.45) is 1.55. The number of aliphatic hydroxyl groups excluding tert-OH is 1. The number of thioether (sulfide) groups is 1. The number of aromatic nitrogens is 2. The number of benzene rings is 3. The molecule has 8 nitrogen and oxygen atoms in total. The number of carbonyl (C=O) groups is 2. The van der Waals surface area contributed by atoms with Gasteiger partial charge in [0.1, 0.15) is 23.4 Å². The fourth-order valence-corrected chi connectivity index (χ4v) is 6.97. The monoisotopic (exact) mass is 599 g/mol. The summed E-state index contributed by atoms with van der Waals surface area (Å²) < 4.78 is 12.3. The minimum atomic E-state index is -0.918. The second-order valence-corrected chi connectivity index (χ2v) is 12.3. The van der Waals surface area contributed by atoms with Crippen LogP contribution in [0, 0.1) is 0 Å². The zero-order valence-electron chi connectivity index (χ0n) is 23.1. The van der Waals surface area contributed by atoms with Gasteiger partial charge in [-0.15, -0.1) is 10.2 Å². The van der Waals surface area contributed by atoms with E-state index in [9.17, 15) is 14.7 Å². The maximum Gasteiger partial charge on any atom is 0.301 e. The molecule has 0 saturated carbocycles. The standard InChI is InChI=1S/C32H29N3O5S2/c1-3-14-39-24-11-7-10-21(17-24)27-26(28(36)22-12-13-25-23(16-22)15-19(2)40-25)29(37)30(38)35(27)31-33-34-32(42-31)41-18-20-8-5-4-6-9-20/h4-13,16-17,19,27,36H,3,14-15,18H2,1-2H3/b28-26+/t19-,27-/m1/s1. The fraction of sp³-hybridized carbons (Fsp3) is 0.250. The van der Waals surface area contributed by atoms with Gasteiger partial charge in [0.2, 0.25) is 5.13 Å². The second kappa shape index (κ2) is 12.0. The summed E-state index contributed by atoms with van der Waals surface area (Å²) in [6.45, 7) is 4.52. The molecule has 6 rings (SSSR count). The number of hydrogen-bond donors (Lipinski definition) is 1. The van der Waals surface area contributed by atoms with Crippen molar-refractivity contribution in [3.8, 4) is 11.5 Å². The molecule has 3 aromatic carbocycles. The molecule has 0 unspecified atom stereocenters. The quantitative estimate of drug-likeness (QED) is 0.0758. The largest absolute Gasteiger partial charge is 0.507 e. The average Bonchev–Trinajstić information content (AvgIpc) is 3.70. The van der Waals surface area contributed by atoms with E-state index in [2.05, 4.69) is 10.2 Å². The number of rotatable bonds is 9. The van der Waals surface area contributed by atoms with Crippen LogP contribution in [-0.4, -0.2) is 39.7 Å². The highest BCUT2D eigenvalue weighted by Gasteiger charge is 2.48. The molecule has 0 spiro atoms. The summed E-state index contributed by atoms with van der Waals surface area (Å²) in [7, 11) is 0. The Labute approximate surface area is 252 Å². The van der Waals surface area contributed by atoms with Gasteiger partial charge in [-0.1, -0.05) is 72.5 Å². The van der Waals surface area contributed by atoms with E-state index in [-0.39, 0.29) is 22.6 Å². The maximum atomic E-state index is 13.6. The van der Waals surface area contributed by atoms with Crippen molar-refractivity contribution < 1.29 is 24.2 Å². The SMILES string of the molecule is CCCOc1cccc([C@@H]2/C(=C(\O)c3ccc4c(c3)C[C@@H](C)O4)C(=O)C(=O)N2c2nnc(SCc3ccccc3)s2)c1. The van der Waals surface area contributed by atoms with E-state index in [4.69, 9.17) is 9.47 Å². The van der Waals surface area contributed by atoms with E-state index >= 15 is 0 Å². The predicted octanol–water partition coefficient (Wildman–Crippen LogP) is 6.57. The number of aliphatic hydroxyl groups is 1. The minimum Gasteiger partial charge on any atom is -0.507 e. The van der Waals surface area contributed by atoms with Crippen molar-refractivity contribution in [3.63, 3.8) is 0 Å². The maximum absolute atomic E-state index is 13.6. The van der Waals surface area contributed by atoms with Crippen molar-refractivity contribution in [2.24, 2.45) is 0 Å². The van der Waals surface area contributed by atoms with Crippen LogP contribution in [-0.2, 0) is 21.8 Å². The van der Waals surface area contributed by atoms with Gasteiger partial charge in [-0.25, -0.2) is 0 Å². The molecular formula is C32H29N3O5S2. The number of carbonyl (C=O) groups excluding carboxylic acids is 2. The van der Waals surface area contributed by atoms with Gasteiger partial charge < -0.3 is 14.6 Å². The van der Waals surface area contributed by atoms with Crippen LogP contribution in [0.1, 0.15) is 48.6 Å². The zero-order chi connectivity index (χ0) is 29.2. The Bertz CT molecular complexity index is 1670. The summed E-state index contributed by atoms with van der Waals surface area (Å²) in [4.78, 5) is 28.6. The molecule has 3 heterocycles. The molecule has 2 atom stereocenters. The van der Waals surface area contributed by atoms with E-state index in [1.54, 1.807) is 18.2 Å². The molecule has 1 aromatic heterocycles. The van der Waals surface area contributed by atoms with Crippen LogP contribution in [0.5, 0.6) is 11.5 Å². The van der Waals surface area contributed by atoms with E-state index in [0.29, 0.717) is 40.0 Å². The van der Waals surface area contributed by atoms with Gasteiger partial charge in [-0.3, -0.25) is 14.5 Å². The van der Waals surface area contributed by atoms with Gasteiger partial charge in [0.15, 0.2) is 4.34 Å². The number of fused-ring (bicyclic) bond motifs is 1. The number of hydrogen-bond acceptors (Lipinski definition) is 9. The van der Waals surface area contributed by atoms with E-state index in [1.165, 1.54) is 28.0 Å². The predicted molar refractivity (Wildman–Crippen MR) is 163 cm³/mol. The first-order chi connectivity index (χ1) is 20.4. The third kappa shape index (κ3) is 5.52.